The normalized spacial score (nSPS) is 22.2. The summed E-state index contributed by atoms with van der Waals surface area (Å²) in [7, 11) is 0. The number of nitrogens with zero attached hydrogens (tertiary/aromatic N) is 1. The number of hydrogen-bond donors (Lipinski definition) is 3. The van der Waals surface area contributed by atoms with Gasteiger partial charge in [0.05, 0.1) is 13.2 Å². The molecule has 0 aliphatic carbocycles. The lowest BCUT2D eigenvalue weighted by Crippen LogP contribution is -2.39. The summed E-state index contributed by atoms with van der Waals surface area (Å²) >= 11 is 0. The van der Waals surface area contributed by atoms with Gasteiger partial charge < -0.3 is 15.5 Å². The summed E-state index contributed by atoms with van der Waals surface area (Å²) in [5.41, 5.74) is 0. The van der Waals surface area contributed by atoms with Crippen LogP contribution in [0.3, 0.4) is 0 Å². The van der Waals surface area contributed by atoms with E-state index in [9.17, 15) is 0 Å². The molecular weight excluding hydrogens is 192 g/mol. The summed E-state index contributed by atoms with van der Waals surface area (Å²) in [6.45, 7) is 3.82. The van der Waals surface area contributed by atoms with Gasteiger partial charge >= 0.3 is 0 Å². The SMILES string of the molecule is OCCN(CCO)CCC1CCCCN1. The molecule has 3 N–H and O–H groups in total. The van der Waals surface area contributed by atoms with Gasteiger partial charge in [-0.2, -0.15) is 0 Å². The lowest BCUT2D eigenvalue weighted by Gasteiger charge is -2.27. The molecule has 0 aromatic rings. The molecule has 0 aromatic heterocycles. The van der Waals surface area contributed by atoms with Crippen LogP contribution >= 0.6 is 0 Å². The fourth-order valence-corrected chi connectivity index (χ4v) is 2.13. The van der Waals surface area contributed by atoms with Gasteiger partial charge in [0.1, 0.15) is 0 Å². The Balaban J connectivity index is 2.13. The van der Waals surface area contributed by atoms with Crippen molar-refractivity contribution in [3.63, 3.8) is 0 Å². The summed E-state index contributed by atoms with van der Waals surface area (Å²) in [6, 6.07) is 0.638. The lowest BCUT2D eigenvalue weighted by atomic mass is 10.0. The summed E-state index contributed by atoms with van der Waals surface area (Å²) in [6.07, 6.45) is 5.03. The Labute approximate surface area is 92.3 Å². The minimum Gasteiger partial charge on any atom is -0.395 e. The second-order valence-corrected chi connectivity index (χ2v) is 4.22. The zero-order valence-electron chi connectivity index (χ0n) is 9.49. The van der Waals surface area contributed by atoms with E-state index in [1.807, 2.05) is 0 Å². The standard InChI is InChI=1S/C11H24N2O2/c14-9-7-13(8-10-15)6-4-11-3-1-2-5-12-11/h11-12,14-15H,1-10H2. The number of nitrogens with one attached hydrogen (secondary N) is 1. The van der Waals surface area contributed by atoms with E-state index in [0.717, 1.165) is 19.5 Å². The molecule has 0 aromatic carbocycles. The Morgan fingerprint density at radius 2 is 1.80 bits per heavy atom. The first-order chi connectivity index (χ1) is 7.36. The zero-order valence-corrected chi connectivity index (χ0v) is 9.49. The van der Waals surface area contributed by atoms with Crippen molar-refractivity contribution in [2.45, 2.75) is 31.7 Å². The van der Waals surface area contributed by atoms with Gasteiger partial charge in [-0.3, -0.25) is 4.90 Å². The molecule has 1 fully saturated rings. The molecule has 1 rings (SSSR count). The average Bonchev–Trinajstić information content (AvgIpc) is 2.28. The highest BCUT2D eigenvalue weighted by molar-refractivity contribution is 4.73. The molecule has 0 radical (unpaired) electrons. The molecule has 0 bridgehead atoms. The van der Waals surface area contributed by atoms with Crippen LogP contribution in [0.25, 0.3) is 0 Å². The molecule has 1 aliphatic rings. The minimum absolute atomic E-state index is 0.179. The van der Waals surface area contributed by atoms with Crippen molar-refractivity contribution in [3.05, 3.63) is 0 Å². The van der Waals surface area contributed by atoms with E-state index < -0.39 is 0 Å². The Bertz CT molecular complexity index is 144. The first-order valence-electron chi connectivity index (χ1n) is 6.04. The summed E-state index contributed by atoms with van der Waals surface area (Å²) in [5, 5.41) is 21.2. The van der Waals surface area contributed by atoms with Crippen molar-refractivity contribution in [3.8, 4) is 0 Å². The molecule has 1 saturated heterocycles. The van der Waals surface area contributed by atoms with Crippen molar-refractivity contribution in [1.82, 2.24) is 10.2 Å². The predicted octanol–water partition coefficient (Wildman–Crippen LogP) is -0.195. The van der Waals surface area contributed by atoms with Crippen LogP contribution in [-0.4, -0.2) is 60.5 Å². The van der Waals surface area contributed by atoms with Crippen LogP contribution < -0.4 is 5.32 Å². The molecule has 1 atom stereocenters. The van der Waals surface area contributed by atoms with Gasteiger partial charge in [-0.1, -0.05) is 6.42 Å². The van der Waals surface area contributed by atoms with Gasteiger partial charge in [-0.05, 0) is 32.4 Å². The van der Waals surface area contributed by atoms with Gasteiger partial charge in [0, 0.05) is 19.1 Å². The van der Waals surface area contributed by atoms with Crippen LogP contribution in [0.15, 0.2) is 0 Å². The molecular formula is C11H24N2O2. The second-order valence-electron chi connectivity index (χ2n) is 4.22. The highest BCUT2D eigenvalue weighted by Gasteiger charge is 2.13. The highest BCUT2D eigenvalue weighted by atomic mass is 16.3. The minimum atomic E-state index is 0.179. The van der Waals surface area contributed by atoms with Crippen LogP contribution in [0.4, 0.5) is 0 Å². The highest BCUT2D eigenvalue weighted by Crippen LogP contribution is 2.10. The van der Waals surface area contributed by atoms with E-state index in [1.54, 1.807) is 0 Å². The van der Waals surface area contributed by atoms with Gasteiger partial charge in [-0.15, -0.1) is 0 Å². The Hall–Kier alpha value is -0.160. The molecule has 0 saturated carbocycles. The summed E-state index contributed by atoms with van der Waals surface area (Å²) in [4.78, 5) is 2.12. The number of piperidine rings is 1. The molecule has 1 unspecified atom stereocenters. The first kappa shape index (κ1) is 12.9. The number of hydrogen-bond acceptors (Lipinski definition) is 4. The van der Waals surface area contributed by atoms with E-state index in [-0.39, 0.29) is 13.2 Å². The molecule has 1 heterocycles. The summed E-state index contributed by atoms with van der Waals surface area (Å²) in [5.74, 6) is 0. The number of aliphatic hydroxyl groups is 2. The van der Waals surface area contributed by atoms with Crippen molar-refractivity contribution >= 4 is 0 Å². The summed E-state index contributed by atoms with van der Waals surface area (Å²) < 4.78 is 0. The second kappa shape index (κ2) is 8.05. The molecule has 1 aliphatic heterocycles. The molecule has 4 nitrogen and oxygen atoms in total. The number of aliphatic hydroxyl groups excluding tert-OH is 2. The van der Waals surface area contributed by atoms with Crippen LogP contribution in [0.1, 0.15) is 25.7 Å². The van der Waals surface area contributed by atoms with Crippen LogP contribution in [0, 0.1) is 0 Å². The molecule has 0 spiro atoms. The zero-order chi connectivity index (χ0) is 10.9. The molecule has 15 heavy (non-hydrogen) atoms. The third kappa shape index (κ3) is 5.47. The van der Waals surface area contributed by atoms with E-state index in [1.165, 1.54) is 19.3 Å². The lowest BCUT2D eigenvalue weighted by molar-refractivity contribution is 0.154. The van der Waals surface area contributed by atoms with Crippen LogP contribution in [0.5, 0.6) is 0 Å². The van der Waals surface area contributed by atoms with Gasteiger partial charge in [0.15, 0.2) is 0 Å². The molecule has 4 heteroatoms. The number of rotatable bonds is 7. The van der Waals surface area contributed by atoms with E-state index in [2.05, 4.69) is 10.2 Å². The maximum absolute atomic E-state index is 8.86. The van der Waals surface area contributed by atoms with Crippen molar-refractivity contribution in [1.29, 1.82) is 0 Å². The van der Waals surface area contributed by atoms with Crippen molar-refractivity contribution < 1.29 is 10.2 Å². The molecule has 0 amide bonds. The monoisotopic (exact) mass is 216 g/mol. The third-order valence-electron chi connectivity index (χ3n) is 3.04. The Kier molecular flexibility index (Phi) is 6.92. The van der Waals surface area contributed by atoms with E-state index in [4.69, 9.17) is 10.2 Å². The van der Waals surface area contributed by atoms with Gasteiger partial charge in [-0.25, -0.2) is 0 Å². The third-order valence-corrected chi connectivity index (χ3v) is 3.04. The molecule has 90 valence electrons. The van der Waals surface area contributed by atoms with Crippen LogP contribution in [0.2, 0.25) is 0 Å². The average molecular weight is 216 g/mol. The topological polar surface area (TPSA) is 55.7 Å². The smallest absolute Gasteiger partial charge is 0.0558 e. The van der Waals surface area contributed by atoms with Crippen molar-refractivity contribution in [2.75, 3.05) is 39.4 Å². The largest absolute Gasteiger partial charge is 0.395 e. The quantitative estimate of drug-likeness (QED) is 0.552. The maximum Gasteiger partial charge on any atom is 0.0558 e. The maximum atomic E-state index is 8.86. The Morgan fingerprint density at radius 3 is 2.33 bits per heavy atom. The fourth-order valence-electron chi connectivity index (χ4n) is 2.13. The first-order valence-corrected chi connectivity index (χ1v) is 6.04. The van der Waals surface area contributed by atoms with E-state index >= 15 is 0 Å². The van der Waals surface area contributed by atoms with Crippen LogP contribution in [-0.2, 0) is 0 Å². The van der Waals surface area contributed by atoms with Crippen molar-refractivity contribution in [2.24, 2.45) is 0 Å². The predicted molar refractivity (Wildman–Crippen MR) is 60.9 cm³/mol. The van der Waals surface area contributed by atoms with Gasteiger partial charge in [0.25, 0.3) is 0 Å². The van der Waals surface area contributed by atoms with Gasteiger partial charge in [0.2, 0.25) is 0 Å². The fraction of sp³-hybridized carbons (Fsp3) is 1.00. The Morgan fingerprint density at radius 1 is 1.07 bits per heavy atom. The van der Waals surface area contributed by atoms with E-state index in [0.29, 0.717) is 19.1 Å².